The van der Waals surface area contributed by atoms with Crippen molar-refractivity contribution in [3.63, 3.8) is 0 Å². The number of amides is 1. The van der Waals surface area contributed by atoms with Crippen LogP contribution in [0.15, 0.2) is 59.7 Å². The number of thiazole rings is 1. The van der Waals surface area contributed by atoms with E-state index in [0.717, 1.165) is 16.8 Å². The van der Waals surface area contributed by atoms with Crippen molar-refractivity contribution in [2.45, 2.75) is 13.8 Å². The Morgan fingerprint density at radius 3 is 2.38 bits per heavy atom. The number of hydrogen-bond acceptors (Lipinski definition) is 5. The molecule has 146 valence electrons. The lowest BCUT2D eigenvalue weighted by Gasteiger charge is -2.19. The van der Waals surface area contributed by atoms with Crippen molar-refractivity contribution < 1.29 is 9.90 Å². The number of amidine groups is 1. The summed E-state index contributed by atoms with van der Waals surface area (Å²) in [4.78, 5) is 17.1. The number of hydrogen-bond donors (Lipinski definition) is 3. The van der Waals surface area contributed by atoms with Crippen LogP contribution in [-0.2, 0) is 0 Å². The Hall–Kier alpha value is -3.45. The van der Waals surface area contributed by atoms with Crippen LogP contribution >= 0.6 is 11.3 Å². The maximum Gasteiger partial charge on any atom is 0.269 e. The molecule has 29 heavy (non-hydrogen) atoms. The lowest BCUT2D eigenvalue weighted by atomic mass is 10.1. The minimum absolute atomic E-state index is 0.0176. The van der Waals surface area contributed by atoms with Crippen LogP contribution in [0.1, 0.15) is 26.5 Å². The predicted octanol–water partition coefficient (Wildman–Crippen LogP) is 4.33. The summed E-state index contributed by atoms with van der Waals surface area (Å²) in [6, 6.07) is 15.2. The Labute approximate surface area is 172 Å². The van der Waals surface area contributed by atoms with Gasteiger partial charge in [-0.1, -0.05) is 47.5 Å². The van der Waals surface area contributed by atoms with Gasteiger partial charge in [0.05, 0.1) is 17.8 Å². The van der Waals surface area contributed by atoms with E-state index in [1.165, 1.54) is 21.9 Å². The van der Waals surface area contributed by atoms with Crippen molar-refractivity contribution >= 4 is 28.7 Å². The van der Waals surface area contributed by atoms with Gasteiger partial charge >= 0.3 is 0 Å². The fraction of sp³-hybridized carbons (Fsp3) is 0.136. The molecule has 6 nitrogen and oxygen atoms in total. The summed E-state index contributed by atoms with van der Waals surface area (Å²) in [6.07, 6.45) is 0. The fourth-order valence-electron chi connectivity index (χ4n) is 3.04. The summed E-state index contributed by atoms with van der Waals surface area (Å²) in [5.74, 6) is -0.292. The number of aliphatic hydroxyl groups excluding tert-OH is 1. The number of aryl methyl sites for hydroxylation is 2. The van der Waals surface area contributed by atoms with Gasteiger partial charge in [-0.2, -0.15) is 0 Å². The van der Waals surface area contributed by atoms with Crippen molar-refractivity contribution in [2.24, 2.45) is 0 Å². The molecule has 1 aliphatic heterocycles. The fourth-order valence-corrected chi connectivity index (χ4v) is 3.93. The van der Waals surface area contributed by atoms with Gasteiger partial charge in [-0.25, -0.2) is 4.98 Å². The molecule has 0 saturated heterocycles. The van der Waals surface area contributed by atoms with Crippen molar-refractivity contribution in [3.8, 4) is 11.3 Å². The van der Waals surface area contributed by atoms with Crippen molar-refractivity contribution in [1.82, 2.24) is 15.4 Å². The molecule has 2 heterocycles. The topological polar surface area (TPSA) is 89.3 Å². The molecule has 0 atom stereocenters. The molecule has 2 aromatic carbocycles. The number of nitrogens with one attached hydrogen (secondary N) is 2. The van der Waals surface area contributed by atoms with Crippen LogP contribution in [0, 0.1) is 19.3 Å². The predicted molar refractivity (Wildman–Crippen MR) is 115 cm³/mol. The molecule has 0 unspecified atom stereocenters. The third-order valence-corrected chi connectivity index (χ3v) is 5.58. The number of carbonyl (C=O) groups is 1. The molecule has 0 radical (unpaired) electrons. The highest BCUT2D eigenvalue weighted by Crippen LogP contribution is 2.31. The highest BCUT2D eigenvalue weighted by molar-refractivity contribution is 7.11. The Balaban J connectivity index is 1.51. The summed E-state index contributed by atoms with van der Waals surface area (Å²) < 4.78 is 0. The highest BCUT2D eigenvalue weighted by Gasteiger charge is 2.31. The molecule has 0 spiro atoms. The average molecular weight is 404 g/mol. The van der Waals surface area contributed by atoms with E-state index in [9.17, 15) is 9.90 Å². The van der Waals surface area contributed by atoms with E-state index in [0.29, 0.717) is 16.1 Å². The molecule has 4 rings (SSSR count). The standard InChI is InChI=1S/C22H20N4O2S/c1-13-3-7-15(8-4-13)17-12-29-22(24-17)19-18(27)11-26(20(19)23)25-21(28)16-9-5-14(2)6-10-16/h3-10,12,23,27H,11H2,1-2H3,(H,25,28). The van der Waals surface area contributed by atoms with Crippen LogP contribution in [0.25, 0.3) is 16.8 Å². The number of nitrogens with zero attached hydrogens (tertiary/aromatic N) is 2. The molecule has 3 aromatic rings. The molecular formula is C22H20N4O2S. The van der Waals surface area contributed by atoms with E-state index >= 15 is 0 Å². The first-order chi connectivity index (χ1) is 13.9. The monoisotopic (exact) mass is 404 g/mol. The first-order valence-electron chi connectivity index (χ1n) is 9.11. The lowest BCUT2D eigenvalue weighted by molar-refractivity contribution is 0.0874. The zero-order valence-corrected chi connectivity index (χ0v) is 16.9. The Morgan fingerprint density at radius 2 is 1.72 bits per heavy atom. The van der Waals surface area contributed by atoms with Gasteiger partial charge in [0.15, 0.2) is 5.84 Å². The van der Waals surface area contributed by atoms with Crippen LogP contribution in [0.2, 0.25) is 0 Å². The minimum atomic E-state index is -0.330. The smallest absolute Gasteiger partial charge is 0.269 e. The maximum atomic E-state index is 12.5. The number of aliphatic hydroxyl groups is 1. The van der Waals surface area contributed by atoms with E-state index in [2.05, 4.69) is 10.4 Å². The molecule has 3 N–H and O–H groups in total. The van der Waals surface area contributed by atoms with Gasteiger partial charge < -0.3 is 5.11 Å². The van der Waals surface area contributed by atoms with Crippen molar-refractivity contribution in [2.75, 3.05) is 6.54 Å². The molecule has 1 aliphatic rings. The van der Waals surface area contributed by atoms with Gasteiger partial charge in [-0.15, -0.1) is 11.3 Å². The molecule has 7 heteroatoms. The Bertz CT molecular complexity index is 1110. The van der Waals surface area contributed by atoms with E-state index in [4.69, 9.17) is 5.41 Å². The average Bonchev–Trinajstić information content (AvgIpc) is 3.27. The summed E-state index contributed by atoms with van der Waals surface area (Å²) >= 11 is 1.36. The molecule has 1 amide bonds. The third-order valence-electron chi connectivity index (χ3n) is 4.72. The molecule has 0 fully saturated rings. The molecule has 0 saturated carbocycles. The quantitative estimate of drug-likeness (QED) is 0.604. The number of benzene rings is 2. The van der Waals surface area contributed by atoms with Crippen LogP contribution in [-0.4, -0.2) is 33.4 Å². The second-order valence-electron chi connectivity index (χ2n) is 6.97. The molecular weight excluding hydrogens is 384 g/mol. The Kier molecular flexibility index (Phi) is 4.90. The summed E-state index contributed by atoms with van der Waals surface area (Å²) in [5.41, 5.74) is 7.52. The number of aromatic nitrogens is 1. The third kappa shape index (κ3) is 3.77. The van der Waals surface area contributed by atoms with Gasteiger partial charge in [0.2, 0.25) is 0 Å². The number of carbonyl (C=O) groups excluding carboxylic acids is 1. The minimum Gasteiger partial charge on any atom is -0.509 e. The van der Waals surface area contributed by atoms with Crippen LogP contribution in [0.3, 0.4) is 0 Å². The molecule has 1 aromatic heterocycles. The van der Waals surface area contributed by atoms with Crippen LogP contribution in [0.5, 0.6) is 0 Å². The maximum absolute atomic E-state index is 12.5. The molecule has 0 bridgehead atoms. The lowest BCUT2D eigenvalue weighted by Crippen LogP contribution is -2.43. The Morgan fingerprint density at radius 1 is 1.10 bits per heavy atom. The van der Waals surface area contributed by atoms with Crippen molar-refractivity contribution in [1.29, 1.82) is 5.41 Å². The van der Waals surface area contributed by atoms with E-state index < -0.39 is 0 Å². The van der Waals surface area contributed by atoms with Crippen molar-refractivity contribution in [3.05, 3.63) is 81.4 Å². The summed E-state index contributed by atoms with van der Waals surface area (Å²) in [7, 11) is 0. The number of rotatable bonds is 4. The second kappa shape index (κ2) is 7.52. The van der Waals surface area contributed by atoms with Gasteiger partial charge in [0.25, 0.3) is 5.91 Å². The van der Waals surface area contributed by atoms with Crippen LogP contribution in [0.4, 0.5) is 0 Å². The highest BCUT2D eigenvalue weighted by atomic mass is 32.1. The second-order valence-corrected chi connectivity index (χ2v) is 7.83. The summed E-state index contributed by atoms with van der Waals surface area (Å²) in [6.45, 7) is 4.01. The van der Waals surface area contributed by atoms with Gasteiger partial charge in [-0.3, -0.25) is 20.6 Å². The van der Waals surface area contributed by atoms with Gasteiger partial charge in [0, 0.05) is 16.5 Å². The number of hydrazine groups is 1. The SMILES string of the molecule is Cc1ccc(C(=O)NN2CC(O)=C(c3nc(-c4ccc(C)cc4)cs3)C2=N)cc1. The molecule has 0 aliphatic carbocycles. The van der Waals surface area contributed by atoms with Gasteiger partial charge in [0.1, 0.15) is 10.8 Å². The summed E-state index contributed by atoms with van der Waals surface area (Å²) in [5, 5.41) is 22.6. The van der Waals surface area contributed by atoms with E-state index in [1.54, 1.807) is 12.1 Å². The normalized spacial score (nSPS) is 13.9. The first kappa shape index (κ1) is 18.9. The van der Waals surface area contributed by atoms with Gasteiger partial charge in [-0.05, 0) is 26.0 Å². The van der Waals surface area contributed by atoms with E-state index in [-0.39, 0.29) is 24.0 Å². The zero-order chi connectivity index (χ0) is 20.5. The largest absolute Gasteiger partial charge is 0.509 e. The van der Waals surface area contributed by atoms with E-state index in [1.807, 2.05) is 55.6 Å². The van der Waals surface area contributed by atoms with Crippen LogP contribution < -0.4 is 5.43 Å². The zero-order valence-electron chi connectivity index (χ0n) is 16.1. The first-order valence-corrected chi connectivity index (χ1v) is 9.99.